The number of rotatable bonds is 6. The summed E-state index contributed by atoms with van der Waals surface area (Å²) >= 11 is 0. The van der Waals surface area contributed by atoms with Gasteiger partial charge < -0.3 is 10.0 Å². The highest BCUT2D eigenvalue weighted by molar-refractivity contribution is 5.79. The number of carbonyl (C=O) groups excluding carboxylic acids is 1. The molecular formula is C21H27NO2. The summed E-state index contributed by atoms with van der Waals surface area (Å²) in [7, 11) is 0. The van der Waals surface area contributed by atoms with Crippen LogP contribution in [0.4, 0.5) is 0 Å². The molecule has 3 nitrogen and oxygen atoms in total. The molecule has 3 heteroatoms. The van der Waals surface area contributed by atoms with Crippen molar-refractivity contribution in [2.24, 2.45) is 5.41 Å². The summed E-state index contributed by atoms with van der Waals surface area (Å²) in [5.74, 6) is 0.349. The SMILES string of the molecule is C=C/C=C\C1=CC(=C\C(O)=C/C=C)/C2N(CCC)C(=O)CCC12C. The highest BCUT2D eigenvalue weighted by Gasteiger charge is 2.50. The lowest BCUT2D eigenvalue weighted by Gasteiger charge is -2.46. The molecule has 1 amide bonds. The number of hydrogen-bond donors (Lipinski definition) is 1. The Kier molecular flexibility index (Phi) is 5.66. The Morgan fingerprint density at radius 1 is 1.46 bits per heavy atom. The zero-order valence-corrected chi connectivity index (χ0v) is 14.7. The van der Waals surface area contributed by atoms with Crippen molar-refractivity contribution in [3.05, 3.63) is 72.6 Å². The maximum Gasteiger partial charge on any atom is 0.223 e. The van der Waals surface area contributed by atoms with Gasteiger partial charge in [0, 0.05) is 18.4 Å². The molecule has 1 fully saturated rings. The molecule has 0 saturated carbocycles. The number of carbonyl (C=O) groups is 1. The number of nitrogens with zero attached hydrogens (tertiary/aromatic N) is 1. The van der Waals surface area contributed by atoms with E-state index < -0.39 is 0 Å². The van der Waals surface area contributed by atoms with Crippen LogP contribution in [-0.4, -0.2) is 28.5 Å². The normalized spacial score (nSPS) is 29.1. The van der Waals surface area contributed by atoms with Crippen molar-refractivity contribution in [1.82, 2.24) is 4.90 Å². The molecule has 24 heavy (non-hydrogen) atoms. The van der Waals surface area contributed by atoms with E-state index in [1.54, 1.807) is 24.3 Å². The lowest BCUT2D eigenvalue weighted by atomic mass is 9.71. The average molecular weight is 325 g/mol. The van der Waals surface area contributed by atoms with Gasteiger partial charge in [-0.1, -0.05) is 57.4 Å². The quantitative estimate of drug-likeness (QED) is 0.571. The van der Waals surface area contributed by atoms with Crippen LogP contribution in [0.15, 0.2) is 72.6 Å². The van der Waals surface area contributed by atoms with Crippen LogP contribution in [-0.2, 0) is 4.79 Å². The van der Waals surface area contributed by atoms with Crippen LogP contribution >= 0.6 is 0 Å². The number of fused-ring (bicyclic) bond motifs is 1. The second-order valence-electron chi connectivity index (χ2n) is 6.57. The van der Waals surface area contributed by atoms with Gasteiger partial charge in [0.25, 0.3) is 0 Å². The van der Waals surface area contributed by atoms with Crippen LogP contribution < -0.4 is 0 Å². The molecule has 0 aromatic rings. The first-order valence-corrected chi connectivity index (χ1v) is 8.52. The molecule has 0 bridgehead atoms. The molecule has 0 aromatic heterocycles. The van der Waals surface area contributed by atoms with Crippen LogP contribution in [0.25, 0.3) is 0 Å². The van der Waals surface area contributed by atoms with Gasteiger partial charge in [0.1, 0.15) is 5.76 Å². The third-order valence-electron chi connectivity index (χ3n) is 4.87. The van der Waals surface area contributed by atoms with Crippen molar-refractivity contribution >= 4 is 5.91 Å². The second-order valence-corrected chi connectivity index (χ2v) is 6.57. The van der Waals surface area contributed by atoms with Crippen molar-refractivity contribution in [3.8, 4) is 0 Å². The first-order chi connectivity index (χ1) is 11.5. The number of hydrogen-bond acceptors (Lipinski definition) is 2. The molecule has 0 radical (unpaired) electrons. The van der Waals surface area contributed by atoms with Gasteiger partial charge in [-0.2, -0.15) is 0 Å². The maximum atomic E-state index is 12.5. The van der Waals surface area contributed by atoms with Gasteiger partial charge in [0.15, 0.2) is 0 Å². The van der Waals surface area contributed by atoms with Crippen LogP contribution in [0.2, 0.25) is 0 Å². The molecule has 1 N–H and O–H groups in total. The van der Waals surface area contributed by atoms with E-state index in [0.29, 0.717) is 6.42 Å². The minimum absolute atomic E-state index is 0.0384. The summed E-state index contributed by atoms with van der Waals surface area (Å²) in [5, 5.41) is 10.1. The smallest absolute Gasteiger partial charge is 0.223 e. The fourth-order valence-corrected chi connectivity index (χ4v) is 3.77. The topological polar surface area (TPSA) is 40.5 Å². The second kappa shape index (κ2) is 7.52. The Morgan fingerprint density at radius 2 is 2.21 bits per heavy atom. The van der Waals surface area contributed by atoms with Crippen molar-refractivity contribution in [1.29, 1.82) is 0 Å². The van der Waals surface area contributed by atoms with Gasteiger partial charge in [0.2, 0.25) is 5.91 Å². The Morgan fingerprint density at radius 3 is 2.83 bits per heavy atom. The van der Waals surface area contributed by atoms with Gasteiger partial charge >= 0.3 is 0 Å². The van der Waals surface area contributed by atoms with Crippen LogP contribution in [0.5, 0.6) is 0 Å². The van der Waals surface area contributed by atoms with Crippen LogP contribution in [0.3, 0.4) is 0 Å². The predicted octanol–water partition coefficient (Wildman–Crippen LogP) is 4.63. The van der Waals surface area contributed by atoms with E-state index in [1.165, 1.54) is 5.57 Å². The minimum Gasteiger partial charge on any atom is -0.508 e. The van der Waals surface area contributed by atoms with Crippen molar-refractivity contribution in [2.75, 3.05) is 6.54 Å². The monoisotopic (exact) mass is 325 g/mol. The lowest BCUT2D eigenvalue weighted by molar-refractivity contribution is -0.139. The first-order valence-electron chi connectivity index (χ1n) is 8.52. The molecule has 0 spiro atoms. The predicted molar refractivity (Wildman–Crippen MR) is 99.5 cm³/mol. The zero-order valence-electron chi connectivity index (χ0n) is 14.7. The molecule has 1 aliphatic carbocycles. The molecule has 2 atom stereocenters. The summed E-state index contributed by atoms with van der Waals surface area (Å²) in [6, 6.07) is -0.0384. The highest BCUT2D eigenvalue weighted by Crippen LogP contribution is 2.51. The molecular weight excluding hydrogens is 298 g/mol. The third-order valence-corrected chi connectivity index (χ3v) is 4.87. The van der Waals surface area contributed by atoms with Crippen LogP contribution in [0.1, 0.15) is 33.1 Å². The van der Waals surface area contributed by atoms with E-state index in [0.717, 1.165) is 25.0 Å². The summed E-state index contributed by atoms with van der Waals surface area (Å²) in [5.41, 5.74) is 2.01. The van der Waals surface area contributed by atoms with Gasteiger partial charge in [-0.05, 0) is 36.1 Å². The van der Waals surface area contributed by atoms with Gasteiger partial charge in [-0.15, -0.1) is 0 Å². The van der Waals surface area contributed by atoms with Crippen molar-refractivity contribution < 1.29 is 9.90 Å². The molecule has 2 aliphatic rings. The molecule has 0 aromatic carbocycles. The summed E-state index contributed by atoms with van der Waals surface area (Å²) in [4.78, 5) is 14.5. The minimum atomic E-state index is -0.136. The van der Waals surface area contributed by atoms with Gasteiger partial charge in [0.05, 0.1) is 6.04 Å². The van der Waals surface area contributed by atoms with Crippen molar-refractivity contribution in [3.63, 3.8) is 0 Å². The first kappa shape index (κ1) is 18.1. The average Bonchev–Trinajstić information content (AvgIpc) is 2.81. The fraction of sp³-hybridized carbons (Fsp3) is 0.381. The lowest BCUT2D eigenvalue weighted by Crippen LogP contribution is -2.53. The largest absolute Gasteiger partial charge is 0.508 e. The Bertz CT molecular complexity index is 651. The Hall–Kier alpha value is -2.29. The molecule has 2 unspecified atom stereocenters. The number of aliphatic hydroxyl groups excluding tert-OH is 1. The number of allylic oxidation sites excluding steroid dienone is 6. The number of likely N-dealkylation sites (tertiary alicyclic amines) is 1. The number of amides is 1. The Labute approximate surface area is 145 Å². The summed E-state index contributed by atoms with van der Waals surface area (Å²) in [6.45, 7) is 12.4. The van der Waals surface area contributed by atoms with Crippen molar-refractivity contribution in [2.45, 2.75) is 39.2 Å². The number of aliphatic hydroxyl groups is 1. The fourth-order valence-electron chi connectivity index (χ4n) is 3.77. The molecule has 2 rings (SSSR count). The number of piperidine rings is 1. The van der Waals surface area contributed by atoms with E-state index in [9.17, 15) is 9.90 Å². The standard InChI is InChI=1S/C21H27NO2/c1-5-8-10-17-14-16(15-18(23)9-6-2)20-21(17,4)12-11-19(24)22(20)13-7-3/h5-6,8-10,14-15,20,23H,1-2,7,11-13H2,3-4H3/b10-8-,16-15+,18-9+. The molecule has 1 aliphatic heterocycles. The van der Waals surface area contributed by atoms with Crippen LogP contribution in [0, 0.1) is 5.41 Å². The highest BCUT2D eigenvalue weighted by atomic mass is 16.3. The molecule has 1 saturated heterocycles. The van der Waals surface area contributed by atoms with E-state index in [4.69, 9.17) is 0 Å². The summed E-state index contributed by atoms with van der Waals surface area (Å²) in [6.07, 6.45) is 15.0. The van der Waals surface area contributed by atoms with E-state index in [2.05, 4.69) is 39.2 Å². The van der Waals surface area contributed by atoms with Gasteiger partial charge in [-0.25, -0.2) is 0 Å². The van der Waals surface area contributed by atoms with Gasteiger partial charge in [-0.3, -0.25) is 4.79 Å². The van der Waals surface area contributed by atoms with E-state index in [1.807, 2.05) is 11.0 Å². The zero-order chi connectivity index (χ0) is 17.7. The van der Waals surface area contributed by atoms with E-state index >= 15 is 0 Å². The Balaban J connectivity index is 2.54. The molecule has 128 valence electrons. The third kappa shape index (κ3) is 3.30. The van der Waals surface area contributed by atoms with E-state index in [-0.39, 0.29) is 23.1 Å². The maximum absolute atomic E-state index is 12.5. The summed E-state index contributed by atoms with van der Waals surface area (Å²) < 4.78 is 0. The molecule has 1 heterocycles.